The summed E-state index contributed by atoms with van der Waals surface area (Å²) in [7, 11) is 0. The summed E-state index contributed by atoms with van der Waals surface area (Å²) in [5.41, 5.74) is 1.86. The first kappa shape index (κ1) is 11.4. The van der Waals surface area contributed by atoms with Crippen LogP contribution in [0.3, 0.4) is 0 Å². The minimum absolute atomic E-state index is 0.252. The second-order valence-electron chi connectivity index (χ2n) is 4.09. The van der Waals surface area contributed by atoms with Gasteiger partial charge in [0.1, 0.15) is 6.04 Å². The first-order valence-electron chi connectivity index (χ1n) is 5.45. The van der Waals surface area contributed by atoms with Crippen LogP contribution in [0.15, 0.2) is 24.3 Å². The molecule has 1 aliphatic rings. The van der Waals surface area contributed by atoms with Crippen LogP contribution in [0.4, 0.5) is 5.69 Å². The van der Waals surface area contributed by atoms with Crippen molar-refractivity contribution in [1.82, 2.24) is 5.32 Å². The van der Waals surface area contributed by atoms with Crippen LogP contribution < -0.4 is 10.6 Å². The van der Waals surface area contributed by atoms with Crippen molar-refractivity contribution in [3.05, 3.63) is 29.8 Å². The van der Waals surface area contributed by atoms with Crippen molar-refractivity contribution < 1.29 is 14.7 Å². The Bertz CT molecular complexity index is 459. The molecule has 2 atom stereocenters. The topological polar surface area (TPSA) is 78.4 Å². The fourth-order valence-corrected chi connectivity index (χ4v) is 1.89. The second-order valence-corrected chi connectivity index (χ2v) is 4.09. The Morgan fingerprint density at radius 1 is 1.47 bits per heavy atom. The normalized spacial score (nSPS) is 19.0. The fourth-order valence-electron chi connectivity index (χ4n) is 1.89. The van der Waals surface area contributed by atoms with E-state index in [9.17, 15) is 9.59 Å². The molecule has 0 aliphatic carbocycles. The first-order valence-corrected chi connectivity index (χ1v) is 5.45. The molecular formula is C12H14N2O3. The molecule has 90 valence electrons. The van der Waals surface area contributed by atoms with Crippen molar-refractivity contribution in [2.45, 2.75) is 18.9 Å². The highest BCUT2D eigenvalue weighted by molar-refractivity contribution is 5.91. The van der Waals surface area contributed by atoms with E-state index in [2.05, 4.69) is 10.6 Å². The van der Waals surface area contributed by atoms with Gasteiger partial charge in [0.2, 0.25) is 5.91 Å². The van der Waals surface area contributed by atoms with Gasteiger partial charge < -0.3 is 15.7 Å². The smallest absolute Gasteiger partial charge is 0.325 e. The maximum Gasteiger partial charge on any atom is 0.325 e. The molecule has 1 aliphatic heterocycles. The van der Waals surface area contributed by atoms with Gasteiger partial charge in [0.05, 0.1) is 5.92 Å². The molecule has 1 amide bonds. The Morgan fingerprint density at radius 3 is 2.88 bits per heavy atom. The highest BCUT2D eigenvalue weighted by Gasteiger charge is 2.29. The molecule has 3 N–H and O–H groups in total. The molecule has 0 radical (unpaired) electrons. The average Bonchev–Trinajstić information content (AvgIpc) is 2.72. The lowest BCUT2D eigenvalue weighted by atomic mass is 10.0. The summed E-state index contributed by atoms with van der Waals surface area (Å²) in [6.45, 7) is 1.96. The van der Waals surface area contributed by atoms with Crippen LogP contribution in [-0.4, -0.2) is 29.6 Å². The molecule has 1 heterocycles. The van der Waals surface area contributed by atoms with E-state index in [0.29, 0.717) is 6.54 Å². The van der Waals surface area contributed by atoms with Crippen LogP contribution in [0.1, 0.15) is 18.4 Å². The Hall–Kier alpha value is -2.04. The predicted molar refractivity (Wildman–Crippen MR) is 62.9 cm³/mol. The fraction of sp³-hybridized carbons (Fsp3) is 0.333. The summed E-state index contributed by atoms with van der Waals surface area (Å²) >= 11 is 0. The van der Waals surface area contributed by atoms with Crippen LogP contribution >= 0.6 is 0 Å². The van der Waals surface area contributed by atoms with E-state index in [1.807, 2.05) is 24.3 Å². The Kier molecular flexibility index (Phi) is 2.99. The number of anilines is 1. The number of rotatable bonds is 3. The van der Waals surface area contributed by atoms with Gasteiger partial charge in [0.15, 0.2) is 0 Å². The van der Waals surface area contributed by atoms with Gasteiger partial charge in [-0.25, -0.2) is 0 Å². The van der Waals surface area contributed by atoms with Gasteiger partial charge in [-0.3, -0.25) is 9.59 Å². The molecule has 0 saturated carbocycles. The van der Waals surface area contributed by atoms with Crippen molar-refractivity contribution in [2.75, 3.05) is 11.9 Å². The number of amides is 1. The molecule has 5 heteroatoms. The molecule has 0 saturated heterocycles. The Labute approximate surface area is 98.8 Å². The van der Waals surface area contributed by atoms with Gasteiger partial charge in [-0.15, -0.1) is 0 Å². The Morgan fingerprint density at radius 2 is 2.18 bits per heavy atom. The lowest BCUT2D eigenvalue weighted by Crippen LogP contribution is -2.41. The summed E-state index contributed by atoms with van der Waals surface area (Å²) in [5, 5.41) is 14.3. The zero-order valence-corrected chi connectivity index (χ0v) is 9.43. The highest BCUT2D eigenvalue weighted by atomic mass is 16.4. The van der Waals surface area contributed by atoms with Crippen molar-refractivity contribution in [2.24, 2.45) is 0 Å². The third-order valence-electron chi connectivity index (χ3n) is 2.88. The molecule has 17 heavy (non-hydrogen) atoms. The number of para-hydroxylation sites is 1. The van der Waals surface area contributed by atoms with Crippen molar-refractivity contribution in [3.8, 4) is 0 Å². The number of benzene rings is 1. The number of carbonyl (C=O) groups is 2. The largest absolute Gasteiger partial charge is 0.480 e. The van der Waals surface area contributed by atoms with Crippen molar-refractivity contribution in [1.29, 1.82) is 0 Å². The summed E-state index contributed by atoms with van der Waals surface area (Å²) in [6.07, 6.45) is 0. The third-order valence-corrected chi connectivity index (χ3v) is 2.88. The molecule has 0 spiro atoms. The Balaban J connectivity index is 2.10. The maximum absolute atomic E-state index is 11.9. The van der Waals surface area contributed by atoms with E-state index < -0.39 is 12.0 Å². The molecule has 1 unspecified atom stereocenters. The van der Waals surface area contributed by atoms with E-state index in [1.165, 1.54) is 6.92 Å². The SMILES string of the molecule is C[C@@H](NC(=O)C1CNc2ccccc21)C(=O)O. The molecular weight excluding hydrogens is 220 g/mol. The highest BCUT2D eigenvalue weighted by Crippen LogP contribution is 2.30. The molecule has 1 aromatic rings. The minimum Gasteiger partial charge on any atom is -0.480 e. The lowest BCUT2D eigenvalue weighted by Gasteiger charge is -2.13. The second kappa shape index (κ2) is 4.45. The average molecular weight is 234 g/mol. The van der Waals surface area contributed by atoms with Crippen LogP contribution in [0.5, 0.6) is 0 Å². The number of carboxylic acid groups (broad SMARTS) is 1. The number of carboxylic acids is 1. The summed E-state index contributed by atoms with van der Waals surface area (Å²) in [4.78, 5) is 22.6. The van der Waals surface area contributed by atoms with E-state index in [0.717, 1.165) is 11.3 Å². The van der Waals surface area contributed by atoms with Gasteiger partial charge in [-0.05, 0) is 18.6 Å². The predicted octanol–water partition coefficient (Wildman–Crippen LogP) is 0.785. The van der Waals surface area contributed by atoms with E-state index in [1.54, 1.807) is 0 Å². The van der Waals surface area contributed by atoms with Crippen LogP contribution in [-0.2, 0) is 9.59 Å². The summed E-state index contributed by atoms with van der Waals surface area (Å²) < 4.78 is 0. The van der Waals surface area contributed by atoms with Crippen molar-refractivity contribution >= 4 is 17.6 Å². The van der Waals surface area contributed by atoms with Crippen LogP contribution in [0.2, 0.25) is 0 Å². The molecule has 5 nitrogen and oxygen atoms in total. The number of nitrogens with one attached hydrogen (secondary N) is 2. The van der Waals surface area contributed by atoms with Crippen molar-refractivity contribution in [3.63, 3.8) is 0 Å². The molecule has 0 fully saturated rings. The zero-order chi connectivity index (χ0) is 12.4. The van der Waals surface area contributed by atoms with Crippen LogP contribution in [0, 0.1) is 0 Å². The van der Waals surface area contributed by atoms with Gasteiger partial charge >= 0.3 is 5.97 Å². The summed E-state index contributed by atoms with van der Waals surface area (Å²) in [6, 6.07) is 6.68. The van der Waals surface area contributed by atoms with Crippen LogP contribution in [0.25, 0.3) is 0 Å². The lowest BCUT2D eigenvalue weighted by molar-refractivity contribution is -0.141. The number of hydrogen-bond acceptors (Lipinski definition) is 3. The maximum atomic E-state index is 11.9. The quantitative estimate of drug-likeness (QED) is 0.722. The van der Waals surface area contributed by atoms with E-state index in [4.69, 9.17) is 5.11 Å². The van der Waals surface area contributed by atoms with E-state index >= 15 is 0 Å². The molecule has 0 bridgehead atoms. The van der Waals surface area contributed by atoms with Gasteiger partial charge in [0.25, 0.3) is 0 Å². The molecule has 1 aromatic carbocycles. The number of hydrogen-bond donors (Lipinski definition) is 3. The summed E-state index contributed by atoms with van der Waals surface area (Å²) in [5.74, 6) is -1.59. The van der Waals surface area contributed by atoms with Gasteiger partial charge in [-0.2, -0.15) is 0 Å². The number of aliphatic carboxylic acids is 1. The standard InChI is InChI=1S/C12H14N2O3/c1-7(12(16)17)14-11(15)9-6-13-10-5-3-2-4-8(9)10/h2-5,7,9,13H,6H2,1H3,(H,14,15)(H,16,17)/t7-,9?/m1/s1. The zero-order valence-electron chi connectivity index (χ0n) is 9.43. The third kappa shape index (κ3) is 2.22. The van der Waals surface area contributed by atoms with Gasteiger partial charge in [0, 0.05) is 12.2 Å². The number of carbonyl (C=O) groups excluding carboxylic acids is 1. The minimum atomic E-state index is -1.03. The van der Waals surface area contributed by atoms with E-state index in [-0.39, 0.29) is 11.8 Å². The van der Waals surface area contributed by atoms with Gasteiger partial charge in [-0.1, -0.05) is 18.2 Å². The molecule has 0 aromatic heterocycles. The monoisotopic (exact) mass is 234 g/mol. The first-order chi connectivity index (χ1) is 8.09. The number of fused-ring (bicyclic) bond motifs is 1. The molecule has 2 rings (SSSR count).